The Morgan fingerprint density at radius 2 is 1.70 bits per heavy atom. The van der Waals surface area contributed by atoms with Crippen molar-refractivity contribution in [2.24, 2.45) is 0 Å². The van der Waals surface area contributed by atoms with E-state index in [4.69, 9.17) is 4.74 Å². The maximum atomic E-state index is 13.9. The fourth-order valence-corrected chi connectivity index (χ4v) is 5.57. The van der Waals surface area contributed by atoms with Gasteiger partial charge in [0.15, 0.2) is 0 Å². The van der Waals surface area contributed by atoms with Crippen LogP contribution in [0.1, 0.15) is 57.1 Å². The van der Waals surface area contributed by atoms with Crippen molar-refractivity contribution >= 4 is 27.5 Å². The highest BCUT2D eigenvalue weighted by Crippen LogP contribution is 2.30. The number of benzene rings is 2. The summed E-state index contributed by atoms with van der Waals surface area (Å²) in [6.07, 6.45) is 5.50. The van der Waals surface area contributed by atoms with Crippen molar-refractivity contribution in [1.82, 2.24) is 10.2 Å². The van der Waals surface area contributed by atoms with Crippen LogP contribution in [0.5, 0.6) is 5.75 Å². The summed E-state index contributed by atoms with van der Waals surface area (Å²) in [6, 6.07) is 13.9. The van der Waals surface area contributed by atoms with Crippen LogP contribution in [0.4, 0.5) is 5.69 Å². The molecule has 0 spiro atoms. The van der Waals surface area contributed by atoms with E-state index in [0.717, 1.165) is 47.4 Å². The Labute approximate surface area is 221 Å². The molecule has 2 amide bonds. The molecule has 0 radical (unpaired) electrons. The Morgan fingerprint density at radius 1 is 1.05 bits per heavy atom. The fourth-order valence-electron chi connectivity index (χ4n) is 4.71. The second-order valence-corrected chi connectivity index (χ2v) is 11.5. The van der Waals surface area contributed by atoms with E-state index in [1.54, 1.807) is 24.3 Å². The molecule has 9 heteroatoms. The smallest absolute Gasteiger partial charge is 0.244 e. The second-order valence-electron chi connectivity index (χ2n) is 9.59. The van der Waals surface area contributed by atoms with Gasteiger partial charge >= 0.3 is 0 Å². The van der Waals surface area contributed by atoms with Gasteiger partial charge < -0.3 is 15.0 Å². The van der Waals surface area contributed by atoms with Crippen LogP contribution in [0.2, 0.25) is 0 Å². The molecule has 0 aliphatic heterocycles. The fraction of sp³-hybridized carbons (Fsp3) is 0.500. The van der Waals surface area contributed by atoms with Crippen LogP contribution in [0.3, 0.4) is 0 Å². The summed E-state index contributed by atoms with van der Waals surface area (Å²) in [4.78, 5) is 28.7. The van der Waals surface area contributed by atoms with Gasteiger partial charge in [-0.25, -0.2) is 8.42 Å². The molecule has 0 unspecified atom stereocenters. The number of hydrogen-bond donors (Lipinski definition) is 1. The third kappa shape index (κ3) is 7.71. The Morgan fingerprint density at radius 3 is 2.30 bits per heavy atom. The molecule has 0 heterocycles. The summed E-state index contributed by atoms with van der Waals surface area (Å²) in [5.41, 5.74) is 2.24. The lowest BCUT2D eigenvalue weighted by atomic mass is 10.1. The third-order valence-corrected chi connectivity index (χ3v) is 7.80. The van der Waals surface area contributed by atoms with Crippen molar-refractivity contribution in [3.05, 3.63) is 59.7 Å². The van der Waals surface area contributed by atoms with Crippen molar-refractivity contribution < 1.29 is 22.7 Å². The molecule has 0 saturated heterocycles. The molecule has 1 aliphatic carbocycles. The number of carbonyl (C=O) groups excluding carboxylic acids is 2. The first-order valence-electron chi connectivity index (χ1n) is 13.0. The number of nitrogens with one attached hydrogen (secondary N) is 1. The monoisotopic (exact) mass is 529 g/mol. The van der Waals surface area contributed by atoms with Gasteiger partial charge in [0.25, 0.3) is 0 Å². The van der Waals surface area contributed by atoms with Crippen LogP contribution in [-0.2, 0) is 26.2 Å². The predicted molar refractivity (Wildman–Crippen MR) is 146 cm³/mol. The number of rotatable bonds is 12. The van der Waals surface area contributed by atoms with Crippen molar-refractivity contribution in [3.63, 3.8) is 0 Å². The number of carbonyl (C=O) groups is 2. The van der Waals surface area contributed by atoms with E-state index >= 15 is 0 Å². The molecule has 0 aromatic heterocycles. The van der Waals surface area contributed by atoms with Gasteiger partial charge in [-0.1, -0.05) is 61.7 Å². The molecule has 8 nitrogen and oxygen atoms in total. The number of sulfonamides is 1. The predicted octanol–water partition coefficient (Wildman–Crippen LogP) is 4.03. The van der Waals surface area contributed by atoms with Crippen LogP contribution in [-0.4, -0.2) is 56.6 Å². The Kier molecular flexibility index (Phi) is 9.97. The minimum absolute atomic E-state index is 0.114. The van der Waals surface area contributed by atoms with E-state index in [-0.39, 0.29) is 18.5 Å². The highest BCUT2D eigenvalue weighted by atomic mass is 32.2. The van der Waals surface area contributed by atoms with E-state index in [1.807, 2.05) is 45.0 Å². The van der Waals surface area contributed by atoms with Gasteiger partial charge in [-0.05, 0) is 50.8 Å². The first kappa shape index (κ1) is 28.5. The van der Waals surface area contributed by atoms with Gasteiger partial charge in [0, 0.05) is 12.6 Å². The zero-order chi connectivity index (χ0) is 27.0. The van der Waals surface area contributed by atoms with E-state index in [1.165, 1.54) is 4.90 Å². The first-order valence-corrected chi connectivity index (χ1v) is 14.8. The molecule has 1 saturated carbocycles. The second kappa shape index (κ2) is 12.9. The van der Waals surface area contributed by atoms with Gasteiger partial charge in [0.05, 0.1) is 18.6 Å². The lowest BCUT2D eigenvalue weighted by molar-refractivity contribution is -0.140. The molecule has 2 aromatic carbocycles. The van der Waals surface area contributed by atoms with E-state index in [0.29, 0.717) is 24.5 Å². The Balaban J connectivity index is 1.94. The molecule has 0 bridgehead atoms. The van der Waals surface area contributed by atoms with Gasteiger partial charge in [-0.3, -0.25) is 13.9 Å². The third-order valence-electron chi connectivity index (χ3n) is 6.67. The van der Waals surface area contributed by atoms with Crippen LogP contribution in [0, 0.1) is 6.92 Å². The topological polar surface area (TPSA) is 96.0 Å². The van der Waals surface area contributed by atoms with E-state index in [2.05, 4.69) is 5.32 Å². The van der Waals surface area contributed by atoms with Gasteiger partial charge in [-0.15, -0.1) is 0 Å². The quantitative estimate of drug-likeness (QED) is 0.448. The maximum Gasteiger partial charge on any atom is 0.244 e. The zero-order valence-corrected chi connectivity index (χ0v) is 23.1. The summed E-state index contributed by atoms with van der Waals surface area (Å²) in [5.74, 6) is -0.277. The zero-order valence-electron chi connectivity index (χ0n) is 22.3. The number of ether oxygens (including phenoxy) is 1. The van der Waals surface area contributed by atoms with Crippen molar-refractivity contribution in [2.75, 3.05) is 23.7 Å². The van der Waals surface area contributed by atoms with Crippen LogP contribution < -0.4 is 14.4 Å². The van der Waals surface area contributed by atoms with E-state index < -0.39 is 28.5 Å². The molecule has 3 rings (SSSR count). The molecule has 1 atom stereocenters. The number of nitrogens with zero attached hydrogens (tertiary/aromatic N) is 2. The normalized spacial score (nSPS) is 14.7. The summed E-state index contributed by atoms with van der Waals surface area (Å²) in [6.45, 7) is 5.76. The minimum Gasteiger partial charge on any atom is -0.492 e. The lowest BCUT2D eigenvalue weighted by Crippen LogP contribution is -2.53. The molecule has 1 N–H and O–H groups in total. The van der Waals surface area contributed by atoms with Gasteiger partial charge in [0.2, 0.25) is 21.8 Å². The SMILES string of the molecule is CCOc1ccccc1N(CC(=O)N(Cc1ccc(C)cc1)[C@H](CC)C(=O)NC1CCCC1)S(C)(=O)=O. The number of aryl methyl sites for hydroxylation is 1. The number of anilines is 1. The van der Waals surface area contributed by atoms with Crippen LogP contribution in [0.25, 0.3) is 0 Å². The van der Waals surface area contributed by atoms with Gasteiger partial charge in [-0.2, -0.15) is 0 Å². The minimum atomic E-state index is -3.83. The molecular weight excluding hydrogens is 490 g/mol. The Bertz CT molecular complexity index is 1160. The van der Waals surface area contributed by atoms with Crippen LogP contribution >= 0.6 is 0 Å². The number of para-hydroxylation sites is 2. The highest BCUT2D eigenvalue weighted by Gasteiger charge is 2.33. The van der Waals surface area contributed by atoms with Crippen molar-refractivity contribution in [3.8, 4) is 5.75 Å². The molecule has 37 heavy (non-hydrogen) atoms. The van der Waals surface area contributed by atoms with Crippen LogP contribution in [0.15, 0.2) is 48.5 Å². The number of amides is 2. The summed E-state index contributed by atoms with van der Waals surface area (Å²) in [5, 5.41) is 3.12. The lowest BCUT2D eigenvalue weighted by Gasteiger charge is -2.33. The summed E-state index contributed by atoms with van der Waals surface area (Å²) >= 11 is 0. The standard InChI is InChI=1S/C28H39N3O5S/c1-5-24(28(33)29-23-11-7-8-12-23)30(19-22-17-15-21(3)16-18-22)27(32)20-31(37(4,34)35)25-13-9-10-14-26(25)36-6-2/h9-10,13-18,23-24H,5-8,11-12,19-20H2,1-4H3,(H,29,33)/t24-/m1/s1. The van der Waals surface area contributed by atoms with Gasteiger partial charge in [0.1, 0.15) is 18.3 Å². The molecule has 1 aliphatic rings. The number of hydrogen-bond acceptors (Lipinski definition) is 5. The van der Waals surface area contributed by atoms with Crippen molar-refractivity contribution in [1.29, 1.82) is 0 Å². The summed E-state index contributed by atoms with van der Waals surface area (Å²) in [7, 11) is -3.83. The average Bonchev–Trinajstić information content (AvgIpc) is 3.36. The molecule has 202 valence electrons. The highest BCUT2D eigenvalue weighted by molar-refractivity contribution is 7.92. The molecule has 1 fully saturated rings. The molecule has 2 aromatic rings. The Hall–Kier alpha value is -3.07. The average molecular weight is 530 g/mol. The van der Waals surface area contributed by atoms with Crippen molar-refractivity contribution in [2.45, 2.75) is 71.5 Å². The first-order chi connectivity index (χ1) is 17.6. The largest absolute Gasteiger partial charge is 0.492 e. The maximum absolute atomic E-state index is 13.9. The molecular formula is C28H39N3O5S. The van der Waals surface area contributed by atoms with E-state index in [9.17, 15) is 18.0 Å². The summed E-state index contributed by atoms with van der Waals surface area (Å²) < 4.78 is 32.4.